The van der Waals surface area contributed by atoms with E-state index >= 15 is 0 Å². The Bertz CT molecular complexity index is 469. The van der Waals surface area contributed by atoms with Gasteiger partial charge in [0.05, 0.1) is 17.0 Å². The molecule has 17 heavy (non-hydrogen) atoms. The second-order valence-corrected chi connectivity index (χ2v) is 4.37. The number of nitrogens with zero attached hydrogens (tertiary/aromatic N) is 2. The Labute approximate surface area is 99.1 Å². The van der Waals surface area contributed by atoms with Crippen molar-refractivity contribution in [2.45, 2.75) is 33.2 Å². The molecule has 0 saturated heterocycles. The number of hydrogen-bond donors (Lipinski definition) is 2. The summed E-state index contributed by atoms with van der Waals surface area (Å²) in [5, 5.41) is 19.0. The Kier molecular flexibility index (Phi) is 3.45. The van der Waals surface area contributed by atoms with Crippen LogP contribution in [0.4, 0.5) is 0 Å². The molecule has 0 bridgehead atoms. The van der Waals surface area contributed by atoms with Gasteiger partial charge in [-0.05, 0) is 33.8 Å². The summed E-state index contributed by atoms with van der Waals surface area (Å²) in [7, 11) is 0. The minimum Gasteiger partial charge on any atom is -0.480 e. The number of carboxylic acids is 1. The number of carbonyl (C=O) groups is 2. The molecule has 0 radical (unpaired) electrons. The Morgan fingerprint density at radius 1 is 1.29 bits per heavy atom. The third-order valence-electron chi connectivity index (χ3n) is 2.31. The van der Waals surface area contributed by atoms with Crippen LogP contribution in [0.5, 0.6) is 0 Å². The SMILES string of the molecule is Cc1cc(C(=O)NC(C)(C)C(=O)O)c(C)nn1. The van der Waals surface area contributed by atoms with E-state index in [4.69, 9.17) is 5.11 Å². The maximum absolute atomic E-state index is 11.9. The maximum Gasteiger partial charge on any atom is 0.328 e. The highest BCUT2D eigenvalue weighted by molar-refractivity contribution is 5.98. The average Bonchev–Trinajstić information content (AvgIpc) is 2.20. The molecule has 0 aliphatic carbocycles. The quantitative estimate of drug-likeness (QED) is 0.806. The van der Waals surface area contributed by atoms with Crippen LogP contribution in [-0.2, 0) is 4.79 Å². The fourth-order valence-electron chi connectivity index (χ4n) is 1.18. The third-order valence-corrected chi connectivity index (χ3v) is 2.31. The highest BCUT2D eigenvalue weighted by Gasteiger charge is 2.29. The molecule has 6 heteroatoms. The maximum atomic E-state index is 11.9. The van der Waals surface area contributed by atoms with Gasteiger partial charge in [0, 0.05) is 0 Å². The van der Waals surface area contributed by atoms with Crippen molar-refractivity contribution in [2.24, 2.45) is 0 Å². The lowest BCUT2D eigenvalue weighted by molar-refractivity contribution is -0.143. The van der Waals surface area contributed by atoms with Crippen LogP contribution in [0.3, 0.4) is 0 Å². The molecule has 0 fully saturated rings. The van der Waals surface area contributed by atoms with Gasteiger partial charge in [-0.1, -0.05) is 0 Å². The van der Waals surface area contributed by atoms with E-state index in [0.29, 0.717) is 17.0 Å². The molecule has 6 nitrogen and oxygen atoms in total. The molecule has 0 saturated carbocycles. The van der Waals surface area contributed by atoms with Gasteiger partial charge in [-0.25, -0.2) is 4.79 Å². The lowest BCUT2D eigenvalue weighted by atomic mass is 10.0. The minimum absolute atomic E-state index is 0.340. The Balaban J connectivity index is 2.98. The van der Waals surface area contributed by atoms with E-state index in [0.717, 1.165) is 0 Å². The van der Waals surface area contributed by atoms with Gasteiger partial charge >= 0.3 is 5.97 Å². The van der Waals surface area contributed by atoms with Gasteiger partial charge in [0.1, 0.15) is 5.54 Å². The fraction of sp³-hybridized carbons (Fsp3) is 0.455. The highest BCUT2D eigenvalue weighted by Crippen LogP contribution is 2.09. The van der Waals surface area contributed by atoms with Crippen molar-refractivity contribution in [3.05, 3.63) is 23.0 Å². The molecular weight excluding hydrogens is 222 g/mol. The van der Waals surface area contributed by atoms with Crippen molar-refractivity contribution in [3.63, 3.8) is 0 Å². The smallest absolute Gasteiger partial charge is 0.328 e. The summed E-state index contributed by atoms with van der Waals surface area (Å²) in [5.74, 6) is -1.56. The molecule has 0 spiro atoms. The number of carboxylic acid groups (broad SMARTS) is 1. The average molecular weight is 237 g/mol. The van der Waals surface area contributed by atoms with Crippen molar-refractivity contribution >= 4 is 11.9 Å². The lowest BCUT2D eigenvalue weighted by Gasteiger charge is -2.21. The van der Waals surface area contributed by atoms with Crippen molar-refractivity contribution in [2.75, 3.05) is 0 Å². The highest BCUT2D eigenvalue weighted by atomic mass is 16.4. The van der Waals surface area contributed by atoms with Crippen molar-refractivity contribution in [3.8, 4) is 0 Å². The van der Waals surface area contributed by atoms with Crippen molar-refractivity contribution < 1.29 is 14.7 Å². The monoisotopic (exact) mass is 237 g/mol. The topological polar surface area (TPSA) is 92.2 Å². The van der Waals surface area contributed by atoms with E-state index in [1.54, 1.807) is 19.9 Å². The lowest BCUT2D eigenvalue weighted by Crippen LogP contribution is -2.49. The number of carbonyl (C=O) groups excluding carboxylic acids is 1. The minimum atomic E-state index is -1.32. The van der Waals surface area contributed by atoms with Crippen LogP contribution < -0.4 is 5.32 Å². The van der Waals surface area contributed by atoms with Gasteiger partial charge < -0.3 is 10.4 Å². The summed E-state index contributed by atoms with van der Waals surface area (Å²) >= 11 is 0. The van der Waals surface area contributed by atoms with Crippen LogP contribution in [0.25, 0.3) is 0 Å². The molecule has 0 aliphatic rings. The van der Waals surface area contributed by atoms with E-state index in [2.05, 4.69) is 15.5 Å². The largest absolute Gasteiger partial charge is 0.480 e. The van der Waals surface area contributed by atoms with E-state index in [1.807, 2.05) is 0 Å². The second-order valence-electron chi connectivity index (χ2n) is 4.37. The summed E-state index contributed by atoms with van der Waals surface area (Å²) in [6.45, 7) is 6.20. The number of hydrogen-bond acceptors (Lipinski definition) is 4. The first kappa shape index (κ1) is 13.1. The van der Waals surface area contributed by atoms with E-state index in [1.165, 1.54) is 13.8 Å². The zero-order valence-corrected chi connectivity index (χ0v) is 10.2. The summed E-state index contributed by atoms with van der Waals surface area (Å²) in [5.41, 5.74) is 0.0933. The molecule has 1 heterocycles. The van der Waals surface area contributed by atoms with Gasteiger partial charge in [-0.15, -0.1) is 0 Å². The number of nitrogens with one attached hydrogen (secondary N) is 1. The Morgan fingerprint density at radius 3 is 2.41 bits per heavy atom. The molecule has 92 valence electrons. The van der Waals surface area contributed by atoms with Crippen LogP contribution in [0.15, 0.2) is 6.07 Å². The molecule has 0 unspecified atom stereocenters. The van der Waals surface area contributed by atoms with E-state index < -0.39 is 17.4 Å². The molecule has 1 rings (SSSR count). The number of amides is 1. The van der Waals surface area contributed by atoms with Gasteiger partial charge in [-0.3, -0.25) is 4.79 Å². The second kappa shape index (κ2) is 4.48. The zero-order chi connectivity index (χ0) is 13.2. The van der Waals surface area contributed by atoms with Gasteiger partial charge in [0.15, 0.2) is 0 Å². The normalized spacial score (nSPS) is 11.1. The summed E-state index contributed by atoms with van der Waals surface area (Å²) < 4.78 is 0. The molecular formula is C11H15N3O3. The van der Waals surface area contributed by atoms with E-state index in [-0.39, 0.29) is 0 Å². The predicted molar refractivity (Wildman–Crippen MR) is 60.7 cm³/mol. The number of aromatic nitrogens is 2. The molecule has 1 aromatic rings. The fourth-order valence-corrected chi connectivity index (χ4v) is 1.18. The van der Waals surface area contributed by atoms with Crippen LogP contribution in [-0.4, -0.2) is 32.7 Å². The predicted octanol–water partition coefficient (Wildman–Crippen LogP) is 0.686. The van der Waals surface area contributed by atoms with Crippen LogP contribution in [0.2, 0.25) is 0 Å². The summed E-state index contributed by atoms with van der Waals surface area (Å²) in [6, 6.07) is 1.58. The Morgan fingerprint density at radius 2 is 1.88 bits per heavy atom. The first-order valence-electron chi connectivity index (χ1n) is 5.11. The summed E-state index contributed by atoms with van der Waals surface area (Å²) in [6.07, 6.45) is 0. The van der Waals surface area contributed by atoms with Crippen molar-refractivity contribution in [1.82, 2.24) is 15.5 Å². The molecule has 0 aromatic carbocycles. The number of aryl methyl sites for hydroxylation is 2. The van der Waals surface area contributed by atoms with E-state index in [9.17, 15) is 9.59 Å². The molecule has 0 atom stereocenters. The molecule has 2 N–H and O–H groups in total. The number of aliphatic carboxylic acids is 1. The van der Waals surface area contributed by atoms with Gasteiger partial charge in [-0.2, -0.15) is 10.2 Å². The van der Waals surface area contributed by atoms with Crippen LogP contribution in [0.1, 0.15) is 35.6 Å². The molecule has 1 amide bonds. The molecule has 0 aliphatic heterocycles. The number of rotatable bonds is 3. The zero-order valence-electron chi connectivity index (χ0n) is 10.2. The Hall–Kier alpha value is -1.98. The van der Waals surface area contributed by atoms with Gasteiger partial charge in [0.2, 0.25) is 0 Å². The third kappa shape index (κ3) is 2.99. The van der Waals surface area contributed by atoms with Crippen LogP contribution >= 0.6 is 0 Å². The van der Waals surface area contributed by atoms with Crippen molar-refractivity contribution in [1.29, 1.82) is 0 Å². The summed E-state index contributed by atoms with van der Waals surface area (Å²) in [4.78, 5) is 22.8. The van der Waals surface area contributed by atoms with Gasteiger partial charge in [0.25, 0.3) is 5.91 Å². The van der Waals surface area contributed by atoms with Crippen LogP contribution in [0, 0.1) is 13.8 Å². The standard InChI is InChI=1S/C11H15N3O3/c1-6-5-8(7(2)14-13-6)9(15)12-11(3,4)10(16)17/h5H,1-4H3,(H,12,15)(H,16,17). The first-order chi connectivity index (χ1) is 7.74. The molecule has 1 aromatic heterocycles. The first-order valence-corrected chi connectivity index (χ1v) is 5.11.